The summed E-state index contributed by atoms with van der Waals surface area (Å²) in [5, 5.41) is 14.1. The zero-order chi connectivity index (χ0) is 14.9. The molecule has 1 fully saturated rings. The van der Waals surface area contributed by atoms with Gasteiger partial charge in [0, 0.05) is 19.2 Å². The summed E-state index contributed by atoms with van der Waals surface area (Å²) < 4.78 is 7.25. The third-order valence-corrected chi connectivity index (χ3v) is 4.28. The van der Waals surface area contributed by atoms with Gasteiger partial charge >= 0.3 is 5.97 Å². The molecule has 1 aliphatic rings. The largest absolute Gasteiger partial charge is 0.481 e. The molecule has 2 heterocycles. The van der Waals surface area contributed by atoms with Crippen LogP contribution in [0.2, 0.25) is 0 Å². The Hall–Kier alpha value is -2.14. The van der Waals surface area contributed by atoms with Gasteiger partial charge in [0.2, 0.25) is 0 Å². The predicted octanol–water partition coefficient (Wildman–Crippen LogP) is 2.29. The molecular formula is C16H18N2O3. The highest BCUT2D eigenvalue weighted by Crippen LogP contribution is 2.38. The third-order valence-electron chi connectivity index (χ3n) is 4.28. The maximum atomic E-state index is 11.7. The second-order valence-electron chi connectivity index (χ2n) is 5.49. The normalized spacial score (nSPS) is 25.1. The van der Waals surface area contributed by atoms with Crippen LogP contribution in [0.3, 0.4) is 0 Å². The van der Waals surface area contributed by atoms with Crippen LogP contribution in [0.5, 0.6) is 0 Å². The summed E-state index contributed by atoms with van der Waals surface area (Å²) in [5.74, 6) is -0.804. The molecule has 110 valence electrons. The second-order valence-corrected chi connectivity index (χ2v) is 5.49. The summed E-state index contributed by atoms with van der Waals surface area (Å²) in [4.78, 5) is 11.7. The van der Waals surface area contributed by atoms with Crippen LogP contribution in [0.15, 0.2) is 42.6 Å². The van der Waals surface area contributed by atoms with Crippen molar-refractivity contribution in [3.05, 3.63) is 48.3 Å². The first-order chi connectivity index (χ1) is 10.1. The number of aliphatic carboxylic acids is 1. The van der Waals surface area contributed by atoms with Crippen molar-refractivity contribution in [1.82, 2.24) is 9.78 Å². The van der Waals surface area contributed by atoms with Crippen molar-refractivity contribution in [1.29, 1.82) is 0 Å². The second kappa shape index (κ2) is 5.33. The SMILES string of the molecule is CC1OCCC1(Cc1ccn(-c2ccccc2)n1)C(=O)O. The van der Waals surface area contributed by atoms with Gasteiger partial charge in [-0.05, 0) is 31.5 Å². The predicted molar refractivity (Wildman–Crippen MR) is 77.4 cm³/mol. The van der Waals surface area contributed by atoms with E-state index in [2.05, 4.69) is 5.10 Å². The lowest BCUT2D eigenvalue weighted by Gasteiger charge is -2.26. The molecule has 21 heavy (non-hydrogen) atoms. The molecule has 0 aliphatic carbocycles. The van der Waals surface area contributed by atoms with E-state index < -0.39 is 11.4 Å². The average Bonchev–Trinajstić information content (AvgIpc) is 3.09. The number of carboxylic acid groups (broad SMARTS) is 1. The fraction of sp³-hybridized carbons (Fsp3) is 0.375. The quantitative estimate of drug-likeness (QED) is 0.936. The van der Waals surface area contributed by atoms with Crippen LogP contribution < -0.4 is 0 Å². The molecule has 1 aromatic heterocycles. The van der Waals surface area contributed by atoms with Gasteiger partial charge in [0.05, 0.1) is 17.5 Å². The number of ether oxygens (including phenoxy) is 1. The fourth-order valence-corrected chi connectivity index (χ4v) is 2.87. The maximum absolute atomic E-state index is 11.7. The molecule has 0 amide bonds. The molecule has 5 nitrogen and oxygen atoms in total. The summed E-state index contributed by atoms with van der Waals surface area (Å²) in [5.41, 5.74) is 0.873. The molecule has 1 aliphatic heterocycles. The fourth-order valence-electron chi connectivity index (χ4n) is 2.87. The van der Waals surface area contributed by atoms with Crippen molar-refractivity contribution in [2.75, 3.05) is 6.61 Å². The van der Waals surface area contributed by atoms with Crippen LogP contribution in [0.25, 0.3) is 5.69 Å². The molecule has 2 unspecified atom stereocenters. The monoisotopic (exact) mass is 286 g/mol. The number of rotatable bonds is 4. The van der Waals surface area contributed by atoms with Crippen molar-refractivity contribution < 1.29 is 14.6 Å². The van der Waals surface area contributed by atoms with Crippen LogP contribution in [0.4, 0.5) is 0 Å². The van der Waals surface area contributed by atoms with Crippen LogP contribution in [-0.4, -0.2) is 33.6 Å². The number of aromatic nitrogens is 2. The highest BCUT2D eigenvalue weighted by Gasteiger charge is 2.48. The van der Waals surface area contributed by atoms with E-state index >= 15 is 0 Å². The summed E-state index contributed by atoms with van der Waals surface area (Å²) in [6.07, 6.45) is 2.49. The minimum Gasteiger partial charge on any atom is -0.481 e. The standard InChI is InChI=1S/C16H18N2O3/c1-12-16(15(19)20,8-10-21-12)11-13-7-9-18(17-13)14-5-3-2-4-6-14/h2-7,9,12H,8,10-11H2,1H3,(H,19,20). The number of benzene rings is 1. The third kappa shape index (κ3) is 2.45. The lowest BCUT2D eigenvalue weighted by atomic mass is 9.77. The smallest absolute Gasteiger partial charge is 0.312 e. The van der Waals surface area contributed by atoms with Crippen LogP contribution >= 0.6 is 0 Å². The van der Waals surface area contributed by atoms with E-state index in [0.29, 0.717) is 19.4 Å². The number of para-hydroxylation sites is 1. The van der Waals surface area contributed by atoms with Gasteiger partial charge in [0.15, 0.2) is 0 Å². The van der Waals surface area contributed by atoms with Crippen molar-refractivity contribution >= 4 is 5.97 Å². The summed E-state index contributed by atoms with van der Waals surface area (Å²) in [6, 6.07) is 11.6. The molecule has 2 atom stereocenters. The van der Waals surface area contributed by atoms with Gasteiger partial charge in [-0.15, -0.1) is 0 Å². The van der Waals surface area contributed by atoms with Gasteiger partial charge < -0.3 is 9.84 Å². The lowest BCUT2D eigenvalue weighted by Crippen LogP contribution is -2.39. The molecule has 0 spiro atoms. The minimum absolute atomic E-state index is 0.295. The Bertz CT molecular complexity index is 638. The zero-order valence-corrected chi connectivity index (χ0v) is 11.9. The van der Waals surface area contributed by atoms with Crippen molar-refractivity contribution in [3.63, 3.8) is 0 Å². The maximum Gasteiger partial charge on any atom is 0.312 e. The number of nitrogens with zero attached hydrogens (tertiary/aromatic N) is 2. The molecule has 1 saturated heterocycles. The first-order valence-corrected chi connectivity index (χ1v) is 7.07. The Kier molecular flexibility index (Phi) is 3.51. The van der Waals surface area contributed by atoms with Gasteiger partial charge in [0.25, 0.3) is 0 Å². The highest BCUT2D eigenvalue weighted by molar-refractivity contribution is 5.76. The van der Waals surface area contributed by atoms with Crippen LogP contribution in [0.1, 0.15) is 19.0 Å². The number of hydrogen-bond acceptors (Lipinski definition) is 3. The molecule has 1 N–H and O–H groups in total. The molecule has 5 heteroatoms. The van der Waals surface area contributed by atoms with Gasteiger partial charge in [-0.25, -0.2) is 4.68 Å². The van der Waals surface area contributed by atoms with Crippen molar-refractivity contribution in [3.8, 4) is 5.69 Å². The van der Waals surface area contributed by atoms with E-state index in [1.54, 1.807) is 4.68 Å². The Balaban J connectivity index is 1.85. The summed E-state index contributed by atoms with van der Waals surface area (Å²) >= 11 is 0. The Labute approximate surface area is 123 Å². The molecule has 0 saturated carbocycles. The van der Waals surface area contributed by atoms with E-state index in [-0.39, 0.29) is 6.10 Å². The summed E-state index contributed by atoms with van der Waals surface area (Å²) in [7, 11) is 0. The van der Waals surface area contributed by atoms with E-state index in [1.807, 2.05) is 49.5 Å². The van der Waals surface area contributed by atoms with Gasteiger partial charge in [-0.1, -0.05) is 18.2 Å². The van der Waals surface area contributed by atoms with Crippen LogP contribution in [0, 0.1) is 5.41 Å². The molecular weight excluding hydrogens is 268 g/mol. The first kappa shape index (κ1) is 13.8. The number of carboxylic acids is 1. The van der Waals surface area contributed by atoms with E-state index in [9.17, 15) is 9.90 Å². The van der Waals surface area contributed by atoms with E-state index in [0.717, 1.165) is 11.4 Å². The Morgan fingerprint density at radius 3 is 2.81 bits per heavy atom. The molecule has 1 aromatic carbocycles. The summed E-state index contributed by atoms with van der Waals surface area (Å²) in [6.45, 7) is 2.32. The van der Waals surface area contributed by atoms with Crippen molar-refractivity contribution in [2.45, 2.75) is 25.9 Å². The Morgan fingerprint density at radius 1 is 1.43 bits per heavy atom. The molecule has 3 rings (SSSR count). The topological polar surface area (TPSA) is 64.4 Å². The number of hydrogen-bond donors (Lipinski definition) is 1. The zero-order valence-electron chi connectivity index (χ0n) is 11.9. The van der Waals surface area contributed by atoms with Crippen molar-refractivity contribution in [2.24, 2.45) is 5.41 Å². The minimum atomic E-state index is -0.865. The number of carbonyl (C=O) groups is 1. The molecule has 0 radical (unpaired) electrons. The Morgan fingerprint density at radius 2 is 2.19 bits per heavy atom. The lowest BCUT2D eigenvalue weighted by molar-refractivity contribution is -0.151. The van der Waals surface area contributed by atoms with Gasteiger partial charge in [0.1, 0.15) is 5.41 Å². The van der Waals surface area contributed by atoms with E-state index in [4.69, 9.17) is 4.74 Å². The van der Waals surface area contributed by atoms with Gasteiger partial charge in [-0.3, -0.25) is 4.79 Å². The highest BCUT2D eigenvalue weighted by atomic mass is 16.5. The molecule has 2 aromatic rings. The first-order valence-electron chi connectivity index (χ1n) is 7.07. The van der Waals surface area contributed by atoms with Crippen LogP contribution in [-0.2, 0) is 16.0 Å². The molecule has 0 bridgehead atoms. The van der Waals surface area contributed by atoms with Gasteiger partial charge in [-0.2, -0.15) is 5.10 Å². The van der Waals surface area contributed by atoms with E-state index in [1.165, 1.54) is 0 Å². The average molecular weight is 286 g/mol.